The van der Waals surface area contributed by atoms with Gasteiger partial charge in [0.2, 0.25) is 0 Å². The van der Waals surface area contributed by atoms with Gasteiger partial charge in [0.1, 0.15) is 0 Å². The molecular formula is C16H24N2O2. The minimum atomic E-state index is -0.730. The van der Waals surface area contributed by atoms with Gasteiger partial charge in [-0.05, 0) is 31.5 Å². The summed E-state index contributed by atoms with van der Waals surface area (Å²) in [5.41, 5.74) is 1.33. The Morgan fingerprint density at radius 1 is 1.40 bits per heavy atom. The van der Waals surface area contributed by atoms with E-state index in [-0.39, 0.29) is 6.54 Å². The van der Waals surface area contributed by atoms with E-state index >= 15 is 0 Å². The van der Waals surface area contributed by atoms with Gasteiger partial charge in [0.15, 0.2) is 0 Å². The topological polar surface area (TPSA) is 43.8 Å². The number of likely N-dealkylation sites (N-methyl/N-ethyl adjacent to an activating group) is 1. The maximum Gasteiger partial charge on any atom is 0.317 e. The first-order valence-electron chi connectivity index (χ1n) is 7.41. The molecule has 1 aromatic carbocycles. The molecule has 1 N–H and O–H groups in total. The number of likely N-dealkylation sites (tertiary alicyclic amines) is 1. The Hall–Kier alpha value is -1.39. The standard InChI is InChI=1S/C16H24N2O2/c1-2-18(13-16(19)20)15-9-6-10-17(12-15)11-14-7-4-3-5-8-14/h3-5,7-8,15H,2,6,9-13H2,1H3,(H,19,20). The van der Waals surface area contributed by atoms with E-state index in [0.717, 1.165) is 39.0 Å². The molecule has 110 valence electrons. The summed E-state index contributed by atoms with van der Waals surface area (Å²) in [5.74, 6) is -0.730. The normalized spacial score (nSPS) is 20.2. The molecule has 0 aromatic heterocycles. The Bertz CT molecular complexity index is 422. The van der Waals surface area contributed by atoms with Crippen molar-refractivity contribution >= 4 is 5.97 Å². The van der Waals surface area contributed by atoms with Crippen LogP contribution in [-0.2, 0) is 11.3 Å². The number of hydrogen-bond acceptors (Lipinski definition) is 3. The zero-order valence-electron chi connectivity index (χ0n) is 12.2. The predicted molar refractivity (Wildman–Crippen MR) is 79.6 cm³/mol. The van der Waals surface area contributed by atoms with E-state index in [9.17, 15) is 4.79 Å². The third-order valence-corrected chi connectivity index (χ3v) is 3.99. The van der Waals surface area contributed by atoms with Gasteiger partial charge in [-0.25, -0.2) is 0 Å². The third kappa shape index (κ3) is 4.32. The summed E-state index contributed by atoms with van der Waals surface area (Å²) in [5, 5.41) is 8.99. The average molecular weight is 276 g/mol. The van der Waals surface area contributed by atoms with Crippen molar-refractivity contribution in [2.75, 3.05) is 26.2 Å². The SMILES string of the molecule is CCN(CC(=O)O)C1CCCN(Cc2ccccc2)C1. The highest BCUT2D eigenvalue weighted by atomic mass is 16.4. The summed E-state index contributed by atoms with van der Waals surface area (Å²) >= 11 is 0. The van der Waals surface area contributed by atoms with Crippen molar-refractivity contribution in [1.82, 2.24) is 9.80 Å². The van der Waals surface area contributed by atoms with E-state index in [0.29, 0.717) is 6.04 Å². The fourth-order valence-electron chi connectivity index (χ4n) is 2.99. The Morgan fingerprint density at radius 2 is 2.15 bits per heavy atom. The van der Waals surface area contributed by atoms with Gasteiger partial charge in [-0.1, -0.05) is 37.3 Å². The van der Waals surface area contributed by atoms with E-state index in [1.807, 2.05) is 13.0 Å². The maximum atomic E-state index is 10.9. The number of benzene rings is 1. The highest BCUT2D eigenvalue weighted by molar-refractivity contribution is 5.69. The molecule has 1 fully saturated rings. The third-order valence-electron chi connectivity index (χ3n) is 3.99. The number of carbonyl (C=O) groups is 1. The molecule has 1 aliphatic heterocycles. The van der Waals surface area contributed by atoms with Crippen LogP contribution in [0.15, 0.2) is 30.3 Å². The van der Waals surface area contributed by atoms with Gasteiger partial charge in [-0.2, -0.15) is 0 Å². The zero-order chi connectivity index (χ0) is 14.4. The van der Waals surface area contributed by atoms with Crippen LogP contribution in [0.1, 0.15) is 25.3 Å². The number of rotatable bonds is 6. The number of nitrogens with zero attached hydrogens (tertiary/aromatic N) is 2. The van der Waals surface area contributed by atoms with E-state index in [1.165, 1.54) is 5.56 Å². The summed E-state index contributed by atoms with van der Waals surface area (Å²) in [4.78, 5) is 15.4. The fourth-order valence-corrected chi connectivity index (χ4v) is 2.99. The molecular weight excluding hydrogens is 252 g/mol. The van der Waals surface area contributed by atoms with Crippen molar-refractivity contribution in [2.45, 2.75) is 32.4 Å². The molecule has 1 saturated heterocycles. The van der Waals surface area contributed by atoms with Crippen molar-refractivity contribution in [1.29, 1.82) is 0 Å². The molecule has 1 atom stereocenters. The molecule has 20 heavy (non-hydrogen) atoms. The molecule has 0 bridgehead atoms. The lowest BCUT2D eigenvalue weighted by molar-refractivity contribution is -0.139. The van der Waals surface area contributed by atoms with Crippen molar-refractivity contribution in [3.05, 3.63) is 35.9 Å². The van der Waals surface area contributed by atoms with Crippen LogP contribution in [0.2, 0.25) is 0 Å². The van der Waals surface area contributed by atoms with Gasteiger partial charge in [0.25, 0.3) is 0 Å². The monoisotopic (exact) mass is 276 g/mol. The predicted octanol–water partition coefficient (Wildman–Crippen LogP) is 2.06. The van der Waals surface area contributed by atoms with Gasteiger partial charge in [-0.15, -0.1) is 0 Å². The van der Waals surface area contributed by atoms with Crippen LogP contribution in [0, 0.1) is 0 Å². The fraction of sp³-hybridized carbons (Fsp3) is 0.562. The quantitative estimate of drug-likeness (QED) is 0.863. The number of carboxylic acids is 1. The van der Waals surface area contributed by atoms with Crippen molar-refractivity contribution < 1.29 is 9.90 Å². The van der Waals surface area contributed by atoms with Gasteiger partial charge in [0, 0.05) is 19.1 Å². The molecule has 1 unspecified atom stereocenters. The Labute approximate surface area is 121 Å². The summed E-state index contributed by atoms with van der Waals surface area (Å²) < 4.78 is 0. The lowest BCUT2D eigenvalue weighted by atomic mass is 10.0. The number of hydrogen-bond donors (Lipinski definition) is 1. The van der Waals surface area contributed by atoms with E-state index in [4.69, 9.17) is 5.11 Å². The summed E-state index contributed by atoms with van der Waals surface area (Å²) in [6, 6.07) is 10.8. The number of carboxylic acid groups (broad SMARTS) is 1. The molecule has 2 rings (SSSR count). The molecule has 0 aliphatic carbocycles. The lowest BCUT2D eigenvalue weighted by Gasteiger charge is -2.38. The molecule has 4 nitrogen and oxygen atoms in total. The van der Waals surface area contributed by atoms with Gasteiger partial charge >= 0.3 is 5.97 Å². The minimum absolute atomic E-state index is 0.153. The highest BCUT2D eigenvalue weighted by Crippen LogP contribution is 2.17. The summed E-state index contributed by atoms with van der Waals surface area (Å²) in [6.45, 7) is 6.03. The van der Waals surface area contributed by atoms with Crippen LogP contribution in [0.3, 0.4) is 0 Å². The first kappa shape index (κ1) is 15.0. The largest absolute Gasteiger partial charge is 0.480 e. The second kappa shape index (κ2) is 7.41. The molecule has 0 saturated carbocycles. The van der Waals surface area contributed by atoms with Crippen molar-refractivity contribution in [2.24, 2.45) is 0 Å². The zero-order valence-corrected chi connectivity index (χ0v) is 12.2. The average Bonchev–Trinajstić information content (AvgIpc) is 2.46. The highest BCUT2D eigenvalue weighted by Gasteiger charge is 2.25. The van der Waals surface area contributed by atoms with Crippen LogP contribution in [0.4, 0.5) is 0 Å². The van der Waals surface area contributed by atoms with Crippen LogP contribution < -0.4 is 0 Å². The molecule has 4 heteroatoms. The van der Waals surface area contributed by atoms with Gasteiger partial charge in [-0.3, -0.25) is 14.6 Å². The van der Waals surface area contributed by atoms with Crippen LogP contribution in [0.5, 0.6) is 0 Å². The summed E-state index contributed by atoms with van der Waals surface area (Å²) in [7, 11) is 0. The Kier molecular flexibility index (Phi) is 5.56. The second-order valence-electron chi connectivity index (χ2n) is 5.47. The van der Waals surface area contributed by atoms with E-state index in [2.05, 4.69) is 34.1 Å². The molecule has 0 spiro atoms. The van der Waals surface area contributed by atoms with Crippen LogP contribution >= 0.6 is 0 Å². The van der Waals surface area contributed by atoms with E-state index < -0.39 is 5.97 Å². The van der Waals surface area contributed by atoms with Crippen LogP contribution in [0.25, 0.3) is 0 Å². The second-order valence-corrected chi connectivity index (χ2v) is 5.47. The first-order chi connectivity index (χ1) is 9.69. The smallest absolute Gasteiger partial charge is 0.317 e. The Balaban J connectivity index is 1.92. The van der Waals surface area contributed by atoms with Crippen LogP contribution in [-0.4, -0.2) is 53.1 Å². The molecule has 0 amide bonds. The van der Waals surface area contributed by atoms with E-state index in [1.54, 1.807) is 0 Å². The molecule has 0 radical (unpaired) electrons. The van der Waals surface area contributed by atoms with Gasteiger partial charge in [0.05, 0.1) is 6.54 Å². The summed E-state index contributed by atoms with van der Waals surface area (Å²) in [6.07, 6.45) is 2.25. The maximum absolute atomic E-state index is 10.9. The molecule has 1 heterocycles. The van der Waals surface area contributed by atoms with Gasteiger partial charge < -0.3 is 5.11 Å². The minimum Gasteiger partial charge on any atom is -0.480 e. The number of aliphatic carboxylic acids is 1. The lowest BCUT2D eigenvalue weighted by Crippen LogP contribution is -2.49. The molecule has 1 aliphatic rings. The van der Waals surface area contributed by atoms with Crippen molar-refractivity contribution in [3.8, 4) is 0 Å². The molecule has 1 aromatic rings. The first-order valence-corrected chi connectivity index (χ1v) is 7.41. The Morgan fingerprint density at radius 3 is 2.80 bits per heavy atom. The van der Waals surface area contributed by atoms with Crippen molar-refractivity contribution in [3.63, 3.8) is 0 Å². The number of piperidine rings is 1.